The van der Waals surface area contributed by atoms with Gasteiger partial charge in [0, 0.05) is 25.7 Å². The van der Waals surface area contributed by atoms with E-state index in [0.29, 0.717) is 6.04 Å². The minimum atomic E-state index is -0.649. The summed E-state index contributed by atoms with van der Waals surface area (Å²) in [5.74, 6) is -0.649. The normalized spacial score (nSPS) is 28.0. The summed E-state index contributed by atoms with van der Waals surface area (Å²) in [4.78, 5) is 15.9. The van der Waals surface area contributed by atoms with E-state index in [4.69, 9.17) is 0 Å². The molecular formula is C16H22N2O2. The molecular weight excluding hydrogens is 252 g/mol. The Morgan fingerprint density at radius 2 is 2.00 bits per heavy atom. The summed E-state index contributed by atoms with van der Waals surface area (Å²) < 4.78 is 0. The van der Waals surface area contributed by atoms with E-state index in [9.17, 15) is 9.90 Å². The van der Waals surface area contributed by atoms with Gasteiger partial charge in [-0.25, -0.2) is 0 Å². The van der Waals surface area contributed by atoms with Gasteiger partial charge in [0.25, 0.3) is 0 Å². The second kappa shape index (κ2) is 5.94. The number of hydrogen-bond acceptors (Lipinski definition) is 3. The van der Waals surface area contributed by atoms with Crippen molar-refractivity contribution in [2.45, 2.75) is 37.9 Å². The fourth-order valence-corrected chi connectivity index (χ4v) is 3.56. The first-order valence-corrected chi connectivity index (χ1v) is 7.49. The van der Waals surface area contributed by atoms with Crippen LogP contribution in [0.1, 0.15) is 24.8 Å². The van der Waals surface area contributed by atoms with Gasteiger partial charge >= 0.3 is 5.97 Å². The van der Waals surface area contributed by atoms with Gasteiger partial charge in [0.05, 0.1) is 0 Å². The van der Waals surface area contributed by atoms with E-state index in [-0.39, 0.29) is 6.04 Å². The molecule has 0 unspecified atom stereocenters. The van der Waals surface area contributed by atoms with Gasteiger partial charge in [-0.2, -0.15) is 0 Å². The van der Waals surface area contributed by atoms with E-state index >= 15 is 0 Å². The van der Waals surface area contributed by atoms with Crippen molar-refractivity contribution >= 4 is 5.97 Å². The number of likely N-dealkylation sites (tertiary alicyclic amines) is 2. The summed E-state index contributed by atoms with van der Waals surface area (Å²) in [5, 5.41) is 9.29. The fourth-order valence-electron chi connectivity index (χ4n) is 3.56. The summed E-state index contributed by atoms with van der Waals surface area (Å²) in [5.41, 5.74) is 1.34. The lowest BCUT2D eigenvalue weighted by Crippen LogP contribution is -2.44. The molecule has 4 nitrogen and oxygen atoms in total. The molecule has 2 fully saturated rings. The number of hydrogen-bond donors (Lipinski definition) is 1. The van der Waals surface area contributed by atoms with Gasteiger partial charge in [0.1, 0.15) is 6.04 Å². The maximum atomic E-state index is 11.3. The van der Waals surface area contributed by atoms with Crippen LogP contribution in [0.3, 0.4) is 0 Å². The summed E-state index contributed by atoms with van der Waals surface area (Å²) in [6, 6.07) is 10.7. The molecule has 0 amide bonds. The molecule has 0 radical (unpaired) electrons. The third kappa shape index (κ3) is 2.86. The maximum Gasteiger partial charge on any atom is 0.320 e. The summed E-state index contributed by atoms with van der Waals surface area (Å²) in [6.07, 6.45) is 2.92. The van der Waals surface area contributed by atoms with Crippen molar-refractivity contribution in [1.29, 1.82) is 0 Å². The molecule has 2 saturated heterocycles. The molecule has 1 aromatic rings. The highest BCUT2D eigenvalue weighted by molar-refractivity contribution is 5.73. The first-order chi connectivity index (χ1) is 9.74. The standard InChI is InChI=1S/C16H22N2O2/c19-16(20)15-7-4-9-18(15)14-8-10-17(12-14)11-13-5-2-1-3-6-13/h1-3,5-6,14-15H,4,7-12H2,(H,19,20)/t14-,15+/m1/s1. The zero-order valence-corrected chi connectivity index (χ0v) is 11.7. The van der Waals surface area contributed by atoms with Crippen molar-refractivity contribution < 1.29 is 9.90 Å². The molecule has 1 N–H and O–H groups in total. The third-order valence-electron chi connectivity index (χ3n) is 4.54. The lowest BCUT2D eigenvalue weighted by Gasteiger charge is -2.28. The zero-order chi connectivity index (χ0) is 13.9. The van der Waals surface area contributed by atoms with Crippen molar-refractivity contribution in [2.24, 2.45) is 0 Å². The molecule has 0 bridgehead atoms. The number of carboxylic acid groups (broad SMARTS) is 1. The monoisotopic (exact) mass is 274 g/mol. The SMILES string of the molecule is O=C(O)[C@@H]1CCCN1[C@@H]1CCN(Cc2ccccc2)C1. The van der Waals surface area contributed by atoms with Crippen LogP contribution in [0.5, 0.6) is 0 Å². The minimum Gasteiger partial charge on any atom is -0.480 e. The highest BCUT2D eigenvalue weighted by Crippen LogP contribution is 2.26. The Labute approximate surface area is 120 Å². The van der Waals surface area contributed by atoms with Crippen LogP contribution in [0, 0.1) is 0 Å². The van der Waals surface area contributed by atoms with Crippen LogP contribution in [0.4, 0.5) is 0 Å². The molecule has 0 aromatic heterocycles. The molecule has 1 aromatic carbocycles. The smallest absolute Gasteiger partial charge is 0.320 e. The number of aliphatic carboxylic acids is 1. The van der Waals surface area contributed by atoms with E-state index in [1.807, 2.05) is 6.07 Å². The number of rotatable bonds is 4. The second-order valence-corrected chi connectivity index (χ2v) is 5.90. The van der Waals surface area contributed by atoms with Crippen molar-refractivity contribution in [3.63, 3.8) is 0 Å². The van der Waals surface area contributed by atoms with E-state index in [2.05, 4.69) is 34.1 Å². The average molecular weight is 274 g/mol. The Hall–Kier alpha value is -1.39. The van der Waals surface area contributed by atoms with Crippen LogP contribution >= 0.6 is 0 Å². The number of benzene rings is 1. The van der Waals surface area contributed by atoms with Crippen molar-refractivity contribution in [2.75, 3.05) is 19.6 Å². The first kappa shape index (κ1) is 13.6. The van der Waals surface area contributed by atoms with Crippen LogP contribution < -0.4 is 0 Å². The Balaban J connectivity index is 1.58. The molecule has 0 aliphatic carbocycles. The van der Waals surface area contributed by atoms with Gasteiger partial charge in [-0.1, -0.05) is 30.3 Å². The molecule has 2 atom stereocenters. The molecule has 2 heterocycles. The number of carbonyl (C=O) groups is 1. The molecule has 108 valence electrons. The Kier molecular flexibility index (Phi) is 4.03. The maximum absolute atomic E-state index is 11.3. The van der Waals surface area contributed by atoms with Crippen LogP contribution in [0.25, 0.3) is 0 Å². The highest BCUT2D eigenvalue weighted by atomic mass is 16.4. The minimum absolute atomic E-state index is 0.253. The molecule has 3 rings (SSSR count). The van der Waals surface area contributed by atoms with Gasteiger partial charge in [-0.15, -0.1) is 0 Å². The van der Waals surface area contributed by atoms with E-state index in [1.54, 1.807) is 0 Å². The Bertz CT molecular complexity index is 463. The van der Waals surface area contributed by atoms with Crippen LogP contribution in [0.15, 0.2) is 30.3 Å². The lowest BCUT2D eigenvalue weighted by atomic mass is 10.1. The Morgan fingerprint density at radius 1 is 1.20 bits per heavy atom. The second-order valence-electron chi connectivity index (χ2n) is 5.90. The molecule has 20 heavy (non-hydrogen) atoms. The average Bonchev–Trinajstić information content (AvgIpc) is 3.07. The highest BCUT2D eigenvalue weighted by Gasteiger charge is 2.38. The molecule has 0 spiro atoms. The van der Waals surface area contributed by atoms with Crippen molar-refractivity contribution in [3.8, 4) is 0 Å². The quantitative estimate of drug-likeness (QED) is 0.909. The topological polar surface area (TPSA) is 43.8 Å². The van der Waals surface area contributed by atoms with E-state index in [0.717, 1.165) is 45.4 Å². The molecule has 4 heteroatoms. The van der Waals surface area contributed by atoms with Gasteiger partial charge in [-0.3, -0.25) is 14.6 Å². The fraction of sp³-hybridized carbons (Fsp3) is 0.562. The molecule has 0 saturated carbocycles. The zero-order valence-electron chi connectivity index (χ0n) is 11.7. The van der Waals surface area contributed by atoms with Crippen LogP contribution in [0.2, 0.25) is 0 Å². The van der Waals surface area contributed by atoms with Crippen LogP contribution in [-0.4, -0.2) is 52.6 Å². The van der Waals surface area contributed by atoms with E-state index in [1.165, 1.54) is 5.56 Å². The predicted molar refractivity (Wildman–Crippen MR) is 77.5 cm³/mol. The predicted octanol–water partition coefficient (Wildman–Crippen LogP) is 1.81. The van der Waals surface area contributed by atoms with Crippen LogP contribution in [-0.2, 0) is 11.3 Å². The van der Waals surface area contributed by atoms with Crippen molar-refractivity contribution in [3.05, 3.63) is 35.9 Å². The summed E-state index contributed by atoms with van der Waals surface area (Å²) in [7, 11) is 0. The molecule has 2 aliphatic heterocycles. The summed E-state index contributed by atoms with van der Waals surface area (Å²) >= 11 is 0. The van der Waals surface area contributed by atoms with Crippen molar-refractivity contribution in [1.82, 2.24) is 9.80 Å². The number of carboxylic acids is 1. The lowest BCUT2D eigenvalue weighted by molar-refractivity contribution is -0.142. The van der Waals surface area contributed by atoms with Gasteiger partial charge in [0.15, 0.2) is 0 Å². The van der Waals surface area contributed by atoms with Gasteiger partial charge in [0.2, 0.25) is 0 Å². The Morgan fingerprint density at radius 3 is 2.75 bits per heavy atom. The largest absolute Gasteiger partial charge is 0.480 e. The number of nitrogens with zero attached hydrogens (tertiary/aromatic N) is 2. The van der Waals surface area contributed by atoms with Gasteiger partial charge < -0.3 is 5.11 Å². The summed E-state index contributed by atoms with van der Waals surface area (Å²) in [6.45, 7) is 3.99. The van der Waals surface area contributed by atoms with Gasteiger partial charge in [-0.05, 0) is 31.4 Å². The first-order valence-electron chi connectivity index (χ1n) is 7.49. The molecule has 2 aliphatic rings. The third-order valence-corrected chi connectivity index (χ3v) is 4.54. The van der Waals surface area contributed by atoms with E-state index < -0.39 is 5.97 Å².